The molecular weight excluding hydrogens is 298 g/mol. The van der Waals surface area contributed by atoms with Crippen molar-refractivity contribution in [3.05, 3.63) is 30.1 Å². The quantitative estimate of drug-likeness (QED) is 0.909. The fourth-order valence-electron chi connectivity index (χ4n) is 4.77. The van der Waals surface area contributed by atoms with Gasteiger partial charge in [-0.15, -0.1) is 0 Å². The number of hydrogen-bond acceptors (Lipinski definition) is 2. The smallest absolute Gasteiger partial charge is 0.317 e. The second-order valence-corrected chi connectivity index (χ2v) is 7.96. The van der Waals surface area contributed by atoms with Crippen LogP contribution in [0.1, 0.15) is 69.3 Å². The predicted octanol–water partition coefficient (Wildman–Crippen LogP) is 4.08. The van der Waals surface area contributed by atoms with E-state index in [0.717, 1.165) is 31.8 Å². The maximum Gasteiger partial charge on any atom is 0.317 e. The van der Waals surface area contributed by atoms with E-state index in [-0.39, 0.29) is 11.6 Å². The molecule has 3 fully saturated rings. The molecule has 130 valence electrons. The van der Waals surface area contributed by atoms with Gasteiger partial charge in [0.1, 0.15) is 0 Å². The Morgan fingerprint density at radius 1 is 1.04 bits per heavy atom. The first-order valence-corrected chi connectivity index (χ1v) is 9.74. The molecule has 0 unspecified atom stereocenters. The lowest BCUT2D eigenvalue weighted by Gasteiger charge is -2.36. The molecule has 0 aromatic carbocycles. The number of urea groups is 1. The van der Waals surface area contributed by atoms with Crippen LogP contribution < -0.4 is 5.32 Å². The van der Waals surface area contributed by atoms with E-state index in [1.54, 1.807) is 0 Å². The average Bonchev–Trinajstić information content (AvgIpc) is 3.44. The van der Waals surface area contributed by atoms with Crippen LogP contribution in [-0.2, 0) is 0 Å². The van der Waals surface area contributed by atoms with Gasteiger partial charge in [-0.25, -0.2) is 4.79 Å². The highest BCUT2D eigenvalue weighted by atomic mass is 16.2. The van der Waals surface area contributed by atoms with Crippen molar-refractivity contribution in [1.82, 2.24) is 15.2 Å². The van der Waals surface area contributed by atoms with Crippen LogP contribution >= 0.6 is 0 Å². The minimum Gasteiger partial charge on any atom is -0.332 e. The van der Waals surface area contributed by atoms with Crippen LogP contribution in [0.2, 0.25) is 0 Å². The molecule has 0 radical (unpaired) electrons. The van der Waals surface area contributed by atoms with Gasteiger partial charge in [-0.2, -0.15) is 0 Å². The van der Waals surface area contributed by atoms with Crippen LogP contribution in [-0.4, -0.2) is 34.5 Å². The number of carbonyl (C=O) groups excluding carboxylic acids is 1. The topological polar surface area (TPSA) is 45.2 Å². The number of pyridine rings is 1. The monoisotopic (exact) mass is 327 g/mol. The van der Waals surface area contributed by atoms with Crippen molar-refractivity contribution < 1.29 is 4.79 Å². The number of aromatic nitrogens is 1. The molecule has 0 atom stereocenters. The molecule has 4 nitrogen and oxygen atoms in total. The largest absolute Gasteiger partial charge is 0.332 e. The van der Waals surface area contributed by atoms with Crippen LogP contribution in [0, 0.1) is 5.92 Å². The Morgan fingerprint density at radius 3 is 2.33 bits per heavy atom. The van der Waals surface area contributed by atoms with Crippen LogP contribution in [0.15, 0.2) is 24.5 Å². The van der Waals surface area contributed by atoms with Gasteiger partial charge < -0.3 is 10.2 Å². The summed E-state index contributed by atoms with van der Waals surface area (Å²) in [6, 6.07) is 4.41. The number of likely N-dealkylation sites (tertiary alicyclic amines) is 1. The van der Waals surface area contributed by atoms with Gasteiger partial charge in [0.15, 0.2) is 0 Å². The van der Waals surface area contributed by atoms with Gasteiger partial charge in [-0.1, -0.05) is 19.3 Å². The van der Waals surface area contributed by atoms with Gasteiger partial charge in [0.2, 0.25) is 0 Å². The van der Waals surface area contributed by atoms with Crippen LogP contribution in [0.3, 0.4) is 0 Å². The lowest BCUT2D eigenvalue weighted by atomic mass is 9.82. The Bertz CT molecular complexity index is 556. The number of rotatable bonds is 3. The Hall–Kier alpha value is -1.58. The average molecular weight is 327 g/mol. The third kappa shape index (κ3) is 3.28. The number of carbonyl (C=O) groups is 1. The van der Waals surface area contributed by atoms with E-state index in [9.17, 15) is 4.79 Å². The summed E-state index contributed by atoms with van der Waals surface area (Å²) in [7, 11) is 0. The summed E-state index contributed by atoms with van der Waals surface area (Å²) in [4.78, 5) is 18.9. The second-order valence-electron chi connectivity index (χ2n) is 7.96. The van der Waals surface area contributed by atoms with Gasteiger partial charge in [0.25, 0.3) is 0 Å². The van der Waals surface area contributed by atoms with E-state index in [1.807, 2.05) is 17.3 Å². The first kappa shape index (κ1) is 15.9. The highest BCUT2D eigenvalue weighted by molar-refractivity contribution is 5.75. The number of nitrogens with one attached hydrogen (secondary N) is 1. The Balaban J connectivity index is 1.30. The maximum absolute atomic E-state index is 12.7. The van der Waals surface area contributed by atoms with E-state index in [4.69, 9.17) is 0 Å². The van der Waals surface area contributed by atoms with Gasteiger partial charge in [-0.3, -0.25) is 4.98 Å². The molecule has 2 heterocycles. The molecule has 2 aliphatic carbocycles. The number of hydrogen-bond donors (Lipinski definition) is 1. The molecule has 24 heavy (non-hydrogen) atoms. The summed E-state index contributed by atoms with van der Waals surface area (Å²) in [6.07, 6.45) is 14.9. The Labute approximate surface area is 145 Å². The summed E-state index contributed by atoms with van der Waals surface area (Å²) >= 11 is 0. The SMILES string of the molecule is O=C(NC1(C2CCCCC2)CC1)N1CCC(c2ccncc2)CC1. The van der Waals surface area contributed by atoms with E-state index >= 15 is 0 Å². The fraction of sp³-hybridized carbons (Fsp3) is 0.700. The minimum absolute atomic E-state index is 0.152. The van der Waals surface area contributed by atoms with Crippen molar-refractivity contribution in [3.8, 4) is 0 Å². The summed E-state index contributed by atoms with van der Waals surface area (Å²) in [5.74, 6) is 1.30. The molecule has 4 heteroatoms. The first-order chi connectivity index (χ1) is 11.8. The van der Waals surface area contributed by atoms with Crippen molar-refractivity contribution in [1.29, 1.82) is 0 Å². The van der Waals surface area contributed by atoms with Crippen molar-refractivity contribution in [2.75, 3.05) is 13.1 Å². The zero-order valence-electron chi connectivity index (χ0n) is 14.5. The number of amides is 2. The lowest BCUT2D eigenvalue weighted by Crippen LogP contribution is -2.51. The van der Waals surface area contributed by atoms with Gasteiger partial charge in [0.05, 0.1) is 0 Å². The van der Waals surface area contributed by atoms with Crippen LogP contribution in [0.25, 0.3) is 0 Å². The van der Waals surface area contributed by atoms with E-state index < -0.39 is 0 Å². The first-order valence-electron chi connectivity index (χ1n) is 9.74. The van der Waals surface area contributed by atoms with Crippen molar-refractivity contribution in [2.45, 2.75) is 69.2 Å². The molecule has 4 rings (SSSR count). The summed E-state index contributed by atoms with van der Waals surface area (Å²) in [6.45, 7) is 1.75. The van der Waals surface area contributed by atoms with Crippen molar-refractivity contribution in [3.63, 3.8) is 0 Å². The predicted molar refractivity (Wildman–Crippen MR) is 94.9 cm³/mol. The maximum atomic E-state index is 12.7. The molecular formula is C20H29N3O. The van der Waals surface area contributed by atoms with E-state index in [2.05, 4.69) is 22.4 Å². The summed E-state index contributed by atoms with van der Waals surface area (Å²) < 4.78 is 0. The van der Waals surface area contributed by atoms with Crippen molar-refractivity contribution in [2.24, 2.45) is 5.92 Å². The highest BCUT2D eigenvalue weighted by Gasteiger charge is 2.50. The zero-order chi connectivity index (χ0) is 16.4. The highest BCUT2D eigenvalue weighted by Crippen LogP contribution is 2.48. The molecule has 2 saturated carbocycles. The van der Waals surface area contributed by atoms with Gasteiger partial charge in [0, 0.05) is 31.0 Å². The molecule has 1 aliphatic heterocycles. The molecule has 1 saturated heterocycles. The third-order valence-corrected chi connectivity index (χ3v) is 6.49. The van der Waals surface area contributed by atoms with Crippen molar-refractivity contribution >= 4 is 6.03 Å². The third-order valence-electron chi connectivity index (χ3n) is 6.49. The standard InChI is InChI=1S/C20H29N3O/c24-19(22-20(10-11-20)18-4-2-1-3-5-18)23-14-8-17(9-15-23)16-6-12-21-13-7-16/h6-7,12-13,17-18H,1-5,8-11,14-15H2,(H,22,24). The van der Waals surface area contributed by atoms with Gasteiger partial charge >= 0.3 is 6.03 Å². The zero-order valence-corrected chi connectivity index (χ0v) is 14.5. The molecule has 1 aromatic rings. The lowest BCUT2D eigenvalue weighted by molar-refractivity contribution is 0.165. The van der Waals surface area contributed by atoms with E-state index in [1.165, 1.54) is 50.5 Å². The molecule has 1 aromatic heterocycles. The normalized spacial score (nSPS) is 24.6. The molecule has 1 N–H and O–H groups in total. The van der Waals surface area contributed by atoms with Crippen LogP contribution in [0.4, 0.5) is 4.79 Å². The number of nitrogens with zero attached hydrogens (tertiary/aromatic N) is 2. The molecule has 0 spiro atoms. The molecule has 2 amide bonds. The van der Waals surface area contributed by atoms with Crippen LogP contribution in [0.5, 0.6) is 0 Å². The second kappa shape index (κ2) is 6.73. The minimum atomic E-state index is 0.152. The van der Waals surface area contributed by atoms with E-state index in [0.29, 0.717) is 5.92 Å². The summed E-state index contributed by atoms with van der Waals surface area (Å²) in [5.41, 5.74) is 1.52. The Morgan fingerprint density at radius 2 is 1.71 bits per heavy atom. The van der Waals surface area contributed by atoms with Gasteiger partial charge in [-0.05, 0) is 68.1 Å². The molecule has 3 aliphatic rings. The molecule has 0 bridgehead atoms. The summed E-state index contributed by atoms with van der Waals surface area (Å²) in [5, 5.41) is 3.44. The Kier molecular flexibility index (Phi) is 4.47. The number of piperidine rings is 1. The fourth-order valence-corrected chi connectivity index (χ4v) is 4.77.